The fourth-order valence-corrected chi connectivity index (χ4v) is 0.478. The van der Waals surface area contributed by atoms with E-state index in [2.05, 4.69) is 6.72 Å². The van der Waals surface area contributed by atoms with E-state index in [-0.39, 0.29) is 0 Å². The summed E-state index contributed by atoms with van der Waals surface area (Å²) in [5, 5.41) is 0. The van der Waals surface area contributed by atoms with Crippen LogP contribution < -0.4 is 0 Å². The molecule has 0 saturated carbocycles. The van der Waals surface area contributed by atoms with Gasteiger partial charge in [-0.15, -0.1) is 0 Å². The maximum atomic E-state index is 4.91. The molecular weight excluding hydrogens is 90.1 g/mol. The van der Waals surface area contributed by atoms with Crippen LogP contribution in [0.3, 0.4) is 0 Å². The SMILES string of the molecule is C=[N+](C)C1COC1. The van der Waals surface area contributed by atoms with E-state index in [9.17, 15) is 0 Å². The molecule has 0 aromatic heterocycles. The zero-order valence-corrected chi connectivity index (χ0v) is 4.55. The first-order valence-corrected chi connectivity index (χ1v) is 2.42. The van der Waals surface area contributed by atoms with Gasteiger partial charge in [0, 0.05) is 0 Å². The Kier molecular flexibility index (Phi) is 1.11. The van der Waals surface area contributed by atoms with Crippen LogP contribution in [0.5, 0.6) is 0 Å². The quantitative estimate of drug-likeness (QED) is 0.326. The van der Waals surface area contributed by atoms with Gasteiger partial charge in [0.15, 0.2) is 6.04 Å². The van der Waals surface area contributed by atoms with E-state index in [1.54, 1.807) is 0 Å². The molecule has 0 unspecified atom stereocenters. The van der Waals surface area contributed by atoms with Gasteiger partial charge in [0.1, 0.15) is 27.0 Å². The normalized spacial score (nSPS) is 21.3. The summed E-state index contributed by atoms with van der Waals surface area (Å²) in [5.41, 5.74) is 0. The second kappa shape index (κ2) is 1.62. The molecule has 0 aromatic carbocycles. The van der Waals surface area contributed by atoms with Gasteiger partial charge in [0.2, 0.25) is 0 Å². The van der Waals surface area contributed by atoms with Crippen LogP contribution in [0.25, 0.3) is 0 Å². The Labute approximate surface area is 43.4 Å². The van der Waals surface area contributed by atoms with Crippen LogP contribution in [0.4, 0.5) is 0 Å². The zero-order chi connectivity index (χ0) is 5.28. The standard InChI is InChI=1S/C5H10NO/c1-6(2)5-3-7-4-5/h5H,1,3-4H2,2H3/q+1. The van der Waals surface area contributed by atoms with Crippen LogP contribution in [0, 0.1) is 0 Å². The average molecular weight is 100 g/mol. The van der Waals surface area contributed by atoms with Crippen molar-refractivity contribution in [3.05, 3.63) is 0 Å². The summed E-state index contributed by atoms with van der Waals surface area (Å²) >= 11 is 0. The molecule has 1 aliphatic rings. The van der Waals surface area contributed by atoms with Crippen molar-refractivity contribution < 1.29 is 9.31 Å². The van der Waals surface area contributed by atoms with Gasteiger partial charge < -0.3 is 4.74 Å². The Morgan fingerprint density at radius 1 is 1.71 bits per heavy atom. The van der Waals surface area contributed by atoms with Gasteiger partial charge in [0.05, 0.1) is 0 Å². The van der Waals surface area contributed by atoms with Crippen molar-refractivity contribution in [1.82, 2.24) is 0 Å². The molecule has 1 fully saturated rings. The molecule has 0 atom stereocenters. The minimum atomic E-state index is 0.583. The predicted octanol–water partition coefficient (Wildman–Crippen LogP) is -0.272. The summed E-state index contributed by atoms with van der Waals surface area (Å²) in [6.45, 7) is 5.44. The van der Waals surface area contributed by atoms with Crippen molar-refractivity contribution in [3.63, 3.8) is 0 Å². The fourth-order valence-electron chi connectivity index (χ4n) is 0.478. The lowest BCUT2D eigenvalue weighted by Crippen LogP contribution is -2.41. The van der Waals surface area contributed by atoms with E-state index in [1.165, 1.54) is 0 Å². The lowest BCUT2D eigenvalue weighted by molar-refractivity contribution is -0.559. The number of rotatable bonds is 1. The highest BCUT2D eigenvalue weighted by molar-refractivity contribution is 5.14. The van der Waals surface area contributed by atoms with Crippen LogP contribution in [0.15, 0.2) is 0 Å². The average Bonchev–Trinajstić information content (AvgIpc) is 1.23. The Balaban J connectivity index is 2.27. The minimum Gasteiger partial charge on any atom is -0.367 e. The summed E-state index contributed by atoms with van der Waals surface area (Å²) in [5.74, 6) is 0. The molecule has 0 aliphatic carbocycles. The molecule has 7 heavy (non-hydrogen) atoms. The highest BCUT2D eigenvalue weighted by atomic mass is 16.5. The summed E-state index contributed by atoms with van der Waals surface area (Å²) in [6.07, 6.45) is 0. The topological polar surface area (TPSA) is 12.2 Å². The lowest BCUT2D eigenvalue weighted by atomic mass is 10.3. The summed E-state index contributed by atoms with van der Waals surface area (Å²) in [4.78, 5) is 0. The number of likely N-dealkylation sites (N-methyl/N-ethyl adjacent to an activating group) is 1. The third kappa shape index (κ3) is 0.800. The summed E-state index contributed by atoms with van der Waals surface area (Å²) < 4.78 is 6.85. The molecule has 2 heteroatoms. The highest BCUT2D eigenvalue weighted by Gasteiger charge is 2.24. The molecule has 40 valence electrons. The fraction of sp³-hybridized carbons (Fsp3) is 0.800. The maximum absolute atomic E-state index is 4.91. The van der Waals surface area contributed by atoms with E-state index in [4.69, 9.17) is 4.74 Å². The first-order valence-electron chi connectivity index (χ1n) is 2.42. The largest absolute Gasteiger partial charge is 0.367 e. The number of hydrogen-bond donors (Lipinski definition) is 0. The smallest absolute Gasteiger partial charge is 0.198 e. The van der Waals surface area contributed by atoms with E-state index in [1.807, 2.05) is 11.6 Å². The third-order valence-electron chi connectivity index (χ3n) is 1.24. The van der Waals surface area contributed by atoms with Crippen LogP contribution in [0.1, 0.15) is 0 Å². The van der Waals surface area contributed by atoms with Crippen molar-refractivity contribution in [1.29, 1.82) is 0 Å². The van der Waals surface area contributed by atoms with E-state index in [0.29, 0.717) is 6.04 Å². The number of nitrogens with zero attached hydrogens (tertiary/aromatic N) is 1. The van der Waals surface area contributed by atoms with E-state index in [0.717, 1.165) is 13.2 Å². The molecule has 1 aliphatic heterocycles. The zero-order valence-electron chi connectivity index (χ0n) is 4.55. The highest BCUT2D eigenvalue weighted by Crippen LogP contribution is 2.01. The Morgan fingerprint density at radius 3 is 2.29 bits per heavy atom. The van der Waals surface area contributed by atoms with E-state index < -0.39 is 0 Å². The molecule has 0 radical (unpaired) electrons. The third-order valence-corrected chi connectivity index (χ3v) is 1.24. The Hall–Kier alpha value is -0.370. The molecule has 2 nitrogen and oxygen atoms in total. The van der Waals surface area contributed by atoms with Crippen molar-refractivity contribution in [2.24, 2.45) is 0 Å². The minimum absolute atomic E-state index is 0.583. The number of hydrogen-bond acceptors (Lipinski definition) is 1. The van der Waals surface area contributed by atoms with Gasteiger partial charge in [-0.3, -0.25) is 0 Å². The molecular formula is C5H10NO+. The van der Waals surface area contributed by atoms with Crippen molar-refractivity contribution in [3.8, 4) is 0 Å². The van der Waals surface area contributed by atoms with Gasteiger partial charge in [-0.2, -0.15) is 0 Å². The molecule has 0 bridgehead atoms. The van der Waals surface area contributed by atoms with E-state index >= 15 is 0 Å². The molecule has 1 heterocycles. The molecule has 1 saturated heterocycles. The van der Waals surface area contributed by atoms with Gasteiger partial charge in [-0.05, 0) is 0 Å². The molecule has 0 spiro atoms. The summed E-state index contributed by atoms with van der Waals surface area (Å²) in [7, 11) is 1.97. The van der Waals surface area contributed by atoms with Crippen LogP contribution in [-0.2, 0) is 4.74 Å². The Morgan fingerprint density at radius 2 is 2.29 bits per heavy atom. The lowest BCUT2D eigenvalue weighted by Gasteiger charge is -2.20. The second-order valence-corrected chi connectivity index (χ2v) is 1.95. The predicted molar refractivity (Wildman–Crippen MR) is 27.9 cm³/mol. The Bertz CT molecular complexity index is 86.1. The monoisotopic (exact) mass is 100 g/mol. The van der Waals surface area contributed by atoms with Crippen molar-refractivity contribution >= 4 is 6.72 Å². The van der Waals surface area contributed by atoms with Gasteiger partial charge in [-0.25, -0.2) is 4.58 Å². The molecule has 0 amide bonds. The molecule has 0 aromatic rings. The summed E-state index contributed by atoms with van der Waals surface area (Å²) in [6, 6.07) is 0.583. The van der Waals surface area contributed by atoms with Gasteiger partial charge in [0.25, 0.3) is 0 Å². The van der Waals surface area contributed by atoms with Crippen LogP contribution in [0.2, 0.25) is 0 Å². The van der Waals surface area contributed by atoms with Crippen molar-refractivity contribution in [2.45, 2.75) is 6.04 Å². The number of ether oxygens (including phenoxy) is 1. The first kappa shape index (κ1) is 4.78. The van der Waals surface area contributed by atoms with Crippen LogP contribution in [-0.4, -0.2) is 37.6 Å². The van der Waals surface area contributed by atoms with Crippen LogP contribution >= 0.6 is 0 Å². The van der Waals surface area contributed by atoms with Gasteiger partial charge in [-0.1, -0.05) is 0 Å². The maximum Gasteiger partial charge on any atom is 0.198 e. The first-order chi connectivity index (χ1) is 3.30. The second-order valence-electron chi connectivity index (χ2n) is 1.95. The molecule has 1 rings (SSSR count). The molecule has 0 N–H and O–H groups in total. The van der Waals surface area contributed by atoms with Gasteiger partial charge >= 0.3 is 0 Å². The van der Waals surface area contributed by atoms with Crippen molar-refractivity contribution in [2.75, 3.05) is 20.3 Å².